The second-order valence-electron chi connectivity index (χ2n) is 3.96. The Kier molecular flexibility index (Phi) is 10.0. The van der Waals surface area contributed by atoms with E-state index in [4.69, 9.17) is 9.47 Å². The third kappa shape index (κ3) is 11.6. The van der Waals surface area contributed by atoms with Gasteiger partial charge in [0.15, 0.2) is 0 Å². The molecule has 0 aromatic carbocycles. The Bertz CT molecular complexity index is 200. The third-order valence-corrected chi connectivity index (χ3v) is 2.05. The molecule has 0 rings (SSSR count). The fourth-order valence-electron chi connectivity index (χ4n) is 1.04. The minimum atomic E-state index is -0.0541. The van der Waals surface area contributed by atoms with Crippen LogP contribution < -0.4 is 5.32 Å². The van der Waals surface area contributed by atoms with Crippen LogP contribution in [-0.4, -0.2) is 61.7 Å². The molecule has 0 aromatic rings. The second kappa shape index (κ2) is 10.5. The molecule has 6 heteroatoms. The molecule has 102 valence electrons. The molecule has 17 heavy (non-hydrogen) atoms. The van der Waals surface area contributed by atoms with E-state index >= 15 is 0 Å². The second-order valence-corrected chi connectivity index (χ2v) is 3.96. The molecule has 0 radical (unpaired) electrons. The zero-order valence-corrected chi connectivity index (χ0v) is 10.9. The predicted octanol–water partition coefficient (Wildman–Crippen LogP) is 0.255. The average molecular weight is 248 g/mol. The minimum absolute atomic E-state index is 0.0541. The molecule has 0 aliphatic heterocycles. The molecule has 0 saturated heterocycles. The van der Waals surface area contributed by atoms with Crippen molar-refractivity contribution in [3.8, 4) is 0 Å². The molecule has 6 nitrogen and oxygen atoms in total. The van der Waals surface area contributed by atoms with Gasteiger partial charge in [-0.15, -0.1) is 0 Å². The van der Waals surface area contributed by atoms with Crippen molar-refractivity contribution >= 4 is 5.91 Å². The van der Waals surface area contributed by atoms with Gasteiger partial charge in [-0.25, -0.2) is 0 Å². The SMILES string of the molecule is CC(=O)NCCOCCOCCN(O)C(C)C. The van der Waals surface area contributed by atoms with Crippen molar-refractivity contribution in [1.29, 1.82) is 0 Å². The summed E-state index contributed by atoms with van der Waals surface area (Å²) in [5.74, 6) is -0.0541. The fourth-order valence-corrected chi connectivity index (χ4v) is 1.04. The summed E-state index contributed by atoms with van der Waals surface area (Å²) < 4.78 is 10.5. The zero-order valence-electron chi connectivity index (χ0n) is 10.9. The molecule has 0 aliphatic rings. The molecule has 2 N–H and O–H groups in total. The summed E-state index contributed by atoms with van der Waals surface area (Å²) in [7, 11) is 0. The number of nitrogens with zero attached hydrogens (tertiary/aromatic N) is 1. The maximum Gasteiger partial charge on any atom is 0.216 e. The summed E-state index contributed by atoms with van der Waals surface area (Å²) in [5.41, 5.74) is 0. The van der Waals surface area contributed by atoms with Crippen LogP contribution in [0.1, 0.15) is 20.8 Å². The number of amides is 1. The lowest BCUT2D eigenvalue weighted by molar-refractivity contribution is -0.129. The average Bonchev–Trinajstić information content (AvgIpc) is 2.25. The van der Waals surface area contributed by atoms with Crippen LogP contribution in [0.2, 0.25) is 0 Å². The van der Waals surface area contributed by atoms with Gasteiger partial charge in [-0.2, -0.15) is 5.06 Å². The smallest absolute Gasteiger partial charge is 0.216 e. The molecular weight excluding hydrogens is 224 g/mol. The summed E-state index contributed by atoms with van der Waals surface area (Å²) >= 11 is 0. The molecule has 0 fully saturated rings. The van der Waals surface area contributed by atoms with Crippen LogP contribution in [0.15, 0.2) is 0 Å². The molecule has 0 aliphatic carbocycles. The highest BCUT2D eigenvalue weighted by molar-refractivity contribution is 5.72. The molecule has 0 atom stereocenters. The molecule has 0 heterocycles. The van der Waals surface area contributed by atoms with Crippen LogP contribution in [0.3, 0.4) is 0 Å². The van der Waals surface area contributed by atoms with Crippen LogP contribution in [0.25, 0.3) is 0 Å². The lowest BCUT2D eigenvalue weighted by Crippen LogP contribution is -2.30. The number of carbonyl (C=O) groups is 1. The standard InChI is InChI=1S/C11H24N2O4/c1-10(2)13(15)5-7-17-9-8-16-6-4-12-11(3)14/h10,15H,4-9H2,1-3H3,(H,12,14). The number of nitrogens with one attached hydrogen (secondary N) is 1. The van der Waals surface area contributed by atoms with E-state index in [1.807, 2.05) is 13.8 Å². The quantitative estimate of drug-likeness (QED) is 0.428. The Balaban J connectivity index is 3.11. The van der Waals surface area contributed by atoms with E-state index in [1.54, 1.807) is 0 Å². The van der Waals surface area contributed by atoms with Gasteiger partial charge in [-0.3, -0.25) is 4.79 Å². The number of carbonyl (C=O) groups excluding carboxylic acids is 1. The van der Waals surface area contributed by atoms with E-state index in [-0.39, 0.29) is 11.9 Å². The van der Waals surface area contributed by atoms with E-state index in [2.05, 4.69) is 5.32 Å². The van der Waals surface area contributed by atoms with E-state index in [0.29, 0.717) is 39.5 Å². The van der Waals surface area contributed by atoms with Gasteiger partial charge in [0.1, 0.15) is 0 Å². The van der Waals surface area contributed by atoms with Gasteiger partial charge in [0.2, 0.25) is 5.91 Å². The van der Waals surface area contributed by atoms with E-state index < -0.39 is 0 Å². The lowest BCUT2D eigenvalue weighted by atomic mass is 10.4. The Hall–Kier alpha value is -0.690. The minimum Gasteiger partial charge on any atom is -0.378 e. The van der Waals surface area contributed by atoms with Gasteiger partial charge in [0.25, 0.3) is 0 Å². The van der Waals surface area contributed by atoms with Gasteiger partial charge in [-0.05, 0) is 13.8 Å². The monoisotopic (exact) mass is 248 g/mol. The highest BCUT2D eigenvalue weighted by atomic mass is 16.5. The van der Waals surface area contributed by atoms with Crippen LogP contribution in [0.5, 0.6) is 0 Å². The van der Waals surface area contributed by atoms with Gasteiger partial charge in [-0.1, -0.05) is 0 Å². The number of hydroxylamine groups is 2. The van der Waals surface area contributed by atoms with Gasteiger partial charge in [0.05, 0.1) is 26.4 Å². The molecule has 0 aromatic heterocycles. The van der Waals surface area contributed by atoms with Crippen molar-refractivity contribution in [2.75, 3.05) is 39.5 Å². The highest BCUT2D eigenvalue weighted by Crippen LogP contribution is 1.91. The number of ether oxygens (including phenoxy) is 2. The van der Waals surface area contributed by atoms with Gasteiger partial charge in [0, 0.05) is 26.1 Å². The molecular formula is C11H24N2O4. The highest BCUT2D eigenvalue weighted by Gasteiger charge is 2.03. The van der Waals surface area contributed by atoms with Crippen LogP contribution in [0.4, 0.5) is 0 Å². The molecule has 0 saturated carbocycles. The van der Waals surface area contributed by atoms with E-state index in [1.165, 1.54) is 12.0 Å². The topological polar surface area (TPSA) is 71.0 Å². The third-order valence-electron chi connectivity index (χ3n) is 2.05. The van der Waals surface area contributed by atoms with Gasteiger partial charge >= 0.3 is 0 Å². The van der Waals surface area contributed by atoms with Crippen LogP contribution in [0, 0.1) is 0 Å². The number of rotatable bonds is 10. The first-order chi connectivity index (χ1) is 8.04. The normalized spacial score (nSPS) is 11.2. The van der Waals surface area contributed by atoms with Crippen molar-refractivity contribution in [2.45, 2.75) is 26.8 Å². The summed E-state index contributed by atoms with van der Waals surface area (Å²) in [5, 5.41) is 13.2. The Morgan fingerprint density at radius 3 is 2.35 bits per heavy atom. The zero-order chi connectivity index (χ0) is 13.1. The summed E-state index contributed by atoms with van der Waals surface area (Å²) in [6.07, 6.45) is 0. The van der Waals surface area contributed by atoms with Gasteiger partial charge < -0.3 is 20.0 Å². The lowest BCUT2D eigenvalue weighted by Gasteiger charge is -2.18. The summed E-state index contributed by atoms with van der Waals surface area (Å²) in [6.45, 7) is 8.24. The summed E-state index contributed by atoms with van der Waals surface area (Å²) in [6, 6.07) is 0.104. The number of hydrogen-bond donors (Lipinski definition) is 2. The van der Waals surface area contributed by atoms with Crippen molar-refractivity contribution < 1.29 is 19.5 Å². The fraction of sp³-hybridized carbons (Fsp3) is 0.909. The van der Waals surface area contributed by atoms with Crippen LogP contribution >= 0.6 is 0 Å². The maximum absolute atomic E-state index is 10.5. The first-order valence-corrected chi connectivity index (χ1v) is 5.89. The molecule has 0 spiro atoms. The van der Waals surface area contributed by atoms with Crippen LogP contribution in [-0.2, 0) is 14.3 Å². The molecule has 0 bridgehead atoms. The Morgan fingerprint density at radius 2 is 1.82 bits per heavy atom. The largest absolute Gasteiger partial charge is 0.378 e. The first-order valence-electron chi connectivity index (χ1n) is 5.89. The first kappa shape index (κ1) is 16.3. The van der Waals surface area contributed by atoms with Crippen molar-refractivity contribution in [2.24, 2.45) is 0 Å². The van der Waals surface area contributed by atoms with E-state index in [9.17, 15) is 10.0 Å². The summed E-state index contributed by atoms with van der Waals surface area (Å²) in [4.78, 5) is 10.5. The molecule has 0 unspecified atom stereocenters. The molecule has 1 amide bonds. The number of hydrogen-bond acceptors (Lipinski definition) is 5. The Morgan fingerprint density at radius 1 is 1.24 bits per heavy atom. The van der Waals surface area contributed by atoms with E-state index in [0.717, 1.165) is 0 Å². The Labute approximate surface area is 103 Å². The predicted molar refractivity (Wildman–Crippen MR) is 64.0 cm³/mol. The maximum atomic E-state index is 10.5. The van der Waals surface area contributed by atoms with Crippen molar-refractivity contribution in [3.05, 3.63) is 0 Å². The van der Waals surface area contributed by atoms with Crippen molar-refractivity contribution in [1.82, 2.24) is 10.4 Å². The van der Waals surface area contributed by atoms with Crippen molar-refractivity contribution in [3.63, 3.8) is 0 Å².